The van der Waals surface area contributed by atoms with E-state index in [9.17, 15) is 19.1 Å². The van der Waals surface area contributed by atoms with E-state index >= 15 is 0 Å². The van der Waals surface area contributed by atoms with Gasteiger partial charge in [0.25, 0.3) is 0 Å². The van der Waals surface area contributed by atoms with E-state index in [4.69, 9.17) is 5.11 Å². The zero-order valence-electron chi connectivity index (χ0n) is 15.8. The van der Waals surface area contributed by atoms with Gasteiger partial charge < -0.3 is 15.5 Å². The van der Waals surface area contributed by atoms with Gasteiger partial charge in [-0.25, -0.2) is 9.18 Å². The van der Waals surface area contributed by atoms with E-state index in [1.807, 2.05) is 60.7 Å². The largest absolute Gasteiger partial charge is 0.507 e. The summed E-state index contributed by atoms with van der Waals surface area (Å²) in [5.41, 5.74) is 2.54. The van der Waals surface area contributed by atoms with Crippen LogP contribution in [0.25, 0.3) is 11.3 Å². The van der Waals surface area contributed by atoms with Crippen molar-refractivity contribution in [2.24, 2.45) is 0 Å². The van der Waals surface area contributed by atoms with Crippen LogP contribution in [0.15, 0.2) is 72.8 Å². The molecule has 1 atom stereocenters. The number of allylic oxidation sites excluding steroid dienone is 1. The third-order valence-corrected chi connectivity index (χ3v) is 5.13. The number of carboxylic acid groups (broad SMARTS) is 1. The topological polar surface area (TPSA) is 86.6 Å². The van der Waals surface area contributed by atoms with Crippen molar-refractivity contribution < 1.29 is 24.2 Å². The van der Waals surface area contributed by atoms with Gasteiger partial charge in [0.15, 0.2) is 0 Å². The number of hydrogen-bond donors (Lipinski definition) is 3. The molecule has 1 heterocycles. The molecule has 3 N–H and O–H groups in total. The maximum atomic E-state index is 14.5. The molecule has 1 unspecified atom stereocenters. The number of carbonyl (C=O) groups is 2. The van der Waals surface area contributed by atoms with Crippen LogP contribution in [0.1, 0.15) is 39.4 Å². The molecule has 0 aliphatic carbocycles. The summed E-state index contributed by atoms with van der Waals surface area (Å²) >= 11 is 0. The summed E-state index contributed by atoms with van der Waals surface area (Å²) in [5.74, 6) is -4.09. The van der Waals surface area contributed by atoms with E-state index in [0.717, 1.165) is 22.8 Å². The Morgan fingerprint density at radius 3 is 2.13 bits per heavy atom. The molecule has 30 heavy (non-hydrogen) atoms. The first-order chi connectivity index (χ1) is 14.5. The third kappa shape index (κ3) is 3.55. The number of nitrogens with one attached hydrogen (secondary N) is 1. The number of halogens is 1. The minimum Gasteiger partial charge on any atom is -0.507 e. The molecule has 1 aliphatic heterocycles. The van der Waals surface area contributed by atoms with Gasteiger partial charge in [-0.2, -0.15) is 0 Å². The summed E-state index contributed by atoms with van der Waals surface area (Å²) in [7, 11) is 0. The SMILES string of the molecule is O=C1CC(c2cc(O)c(C(=O)O)c(F)c2)C(c2ccccc2)=C(c2ccccc2)N1. The Bertz CT molecular complexity index is 1130. The first kappa shape index (κ1) is 19.4. The number of benzene rings is 3. The van der Waals surface area contributed by atoms with Crippen LogP contribution >= 0.6 is 0 Å². The van der Waals surface area contributed by atoms with E-state index in [1.54, 1.807) is 0 Å². The Morgan fingerprint density at radius 2 is 1.57 bits per heavy atom. The second-order valence-electron chi connectivity index (χ2n) is 7.03. The van der Waals surface area contributed by atoms with Gasteiger partial charge in [0.2, 0.25) is 5.91 Å². The number of amides is 1. The lowest BCUT2D eigenvalue weighted by Gasteiger charge is -2.30. The molecule has 6 heteroatoms. The maximum Gasteiger partial charge on any atom is 0.342 e. The number of aromatic hydroxyl groups is 1. The van der Waals surface area contributed by atoms with Crippen molar-refractivity contribution in [3.63, 3.8) is 0 Å². The van der Waals surface area contributed by atoms with Gasteiger partial charge in [0.1, 0.15) is 17.1 Å². The Labute approximate surface area is 172 Å². The van der Waals surface area contributed by atoms with Crippen molar-refractivity contribution in [1.82, 2.24) is 5.32 Å². The quantitative estimate of drug-likeness (QED) is 0.603. The highest BCUT2D eigenvalue weighted by Crippen LogP contribution is 2.43. The second-order valence-corrected chi connectivity index (χ2v) is 7.03. The Balaban J connectivity index is 1.96. The molecular formula is C24H18FNO4. The lowest BCUT2D eigenvalue weighted by molar-refractivity contribution is -0.120. The summed E-state index contributed by atoms with van der Waals surface area (Å²) in [4.78, 5) is 23.8. The van der Waals surface area contributed by atoms with Crippen LogP contribution in [-0.2, 0) is 4.79 Å². The molecule has 150 valence electrons. The van der Waals surface area contributed by atoms with Crippen molar-refractivity contribution in [1.29, 1.82) is 0 Å². The normalized spacial score (nSPS) is 16.3. The number of hydrogen-bond acceptors (Lipinski definition) is 3. The Hall–Kier alpha value is -3.93. The molecule has 4 rings (SSSR count). The minimum atomic E-state index is -1.55. The maximum absolute atomic E-state index is 14.5. The van der Waals surface area contributed by atoms with E-state index in [0.29, 0.717) is 11.3 Å². The van der Waals surface area contributed by atoms with Gasteiger partial charge in [-0.3, -0.25) is 4.79 Å². The molecule has 0 bridgehead atoms. The highest BCUT2D eigenvalue weighted by atomic mass is 19.1. The number of aromatic carboxylic acids is 1. The molecule has 0 spiro atoms. The molecule has 1 amide bonds. The summed E-state index contributed by atoms with van der Waals surface area (Å²) in [6.45, 7) is 0. The predicted molar refractivity (Wildman–Crippen MR) is 110 cm³/mol. The summed E-state index contributed by atoms with van der Waals surface area (Å²) in [5, 5.41) is 22.2. The Morgan fingerprint density at radius 1 is 0.967 bits per heavy atom. The number of carboxylic acids is 1. The molecule has 0 saturated heterocycles. The van der Waals surface area contributed by atoms with Gasteiger partial charge in [0, 0.05) is 12.3 Å². The van der Waals surface area contributed by atoms with Gasteiger partial charge in [-0.15, -0.1) is 0 Å². The molecule has 0 radical (unpaired) electrons. The van der Waals surface area contributed by atoms with Crippen LogP contribution < -0.4 is 5.32 Å². The van der Waals surface area contributed by atoms with Crippen LogP contribution in [0.3, 0.4) is 0 Å². The van der Waals surface area contributed by atoms with Crippen LogP contribution in [0, 0.1) is 5.82 Å². The fourth-order valence-corrected chi connectivity index (χ4v) is 3.83. The third-order valence-electron chi connectivity index (χ3n) is 5.13. The summed E-state index contributed by atoms with van der Waals surface area (Å²) in [6.07, 6.45) is 0.0336. The van der Waals surface area contributed by atoms with Crippen molar-refractivity contribution in [3.8, 4) is 5.75 Å². The zero-order valence-corrected chi connectivity index (χ0v) is 15.8. The van der Waals surface area contributed by atoms with Crippen LogP contribution in [0.5, 0.6) is 5.75 Å². The molecule has 0 saturated carbocycles. The average molecular weight is 403 g/mol. The lowest BCUT2D eigenvalue weighted by atomic mass is 9.79. The fourth-order valence-electron chi connectivity index (χ4n) is 3.83. The number of phenols is 1. The van der Waals surface area contributed by atoms with E-state index in [-0.39, 0.29) is 12.3 Å². The molecule has 3 aromatic rings. The molecular weight excluding hydrogens is 385 g/mol. The standard InChI is InChI=1S/C24H18FNO4/c25-18-11-16(12-19(27)22(18)24(29)30)17-13-20(28)26-23(15-9-5-2-6-10-15)21(17)14-7-3-1-4-8-14/h1-12,17,27H,13H2,(H,26,28)(H,29,30). The summed E-state index contributed by atoms with van der Waals surface area (Å²) in [6, 6.07) is 21.0. The first-order valence-corrected chi connectivity index (χ1v) is 9.36. The van der Waals surface area contributed by atoms with E-state index in [1.165, 1.54) is 6.07 Å². The molecule has 0 fully saturated rings. The van der Waals surface area contributed by atoms with Gasteiger partial charge in [0.05, 0.1) is 5.70 Å². The van der Waals surface area contributed by atoms with E-state index in [2.05, 4.69) is 5.32 Å². The molecule has 3 aromatic carbocycles. The molecule has 5 nitrogen and oxygen atoms in total. The van der Waals surface area contributed by atoms with Crippen LogP contribution in [0.2, 0.25) is 0 Å². The van der Waals surface area contributed by atoms with Crippen molar-refractivity contribution in [3.05, 3.63) is 101 Å². The lowest BCUT2D eigenvalue weighted by Crippen LogP contribution is -2.31. The monoisotopic (exact) mass is 403 g/mol. The first-order valence-electron chi connectivity index (χ1n) is 9.36. The molecule has 1 aliphatic rings. The highest BCUT2D eigenvalue weighted by Gasteiger charge is 2.32. The number of carbonyl (C=O) groups excluding carboxylic acids is 1. The van der Waals surface area contributed by atoms with Crippen molar-refractivity contribution >= 4 is 23.1 Å². The van der Waals surface area contributed by atoms with Crippen LogP contribution in [-0.4, -0.2) is 22.1 Å². The predicted octanol–water partition coefficient (Wildman–Crippen LogP) is 4.40. The average Bonchev–Trinajstić information content (AvgIpc) is 2.73. The highest BCUT2D eigenvalue weighted by molar-refractivity contribution is 6.04. The van der Waals surface area contributed by atoms with Gasteiger partial charge in [-0.1, -0.05) is 60.7 Å². The fraction of sp³-hybridized carbons (Fsp3) is 0.0833. The minimum absolute atomic E-state index is 0.0336. The zero-order chi connectivity index (χ0) is 21.3. The van der Waals surface area contributed by atoms with Gasteiger partial charge >= 0.3 is 5.97 Å². The van der Waals surface area contributed by atoms with Crippen molar-refractivity contribution in [2.45, 2.75) is 12.3 Å². The van der Waals surface area contributed by atoms with Crippen molar-refractivity contribution in [2.75, 3.05) is 0 Å². The van der Waals surface area contributed by atoms with E-state index < -0.39 is 29.0 Å². The second kappa shape index (κ2) is 7.83. The van der Waals surface area contributed by atoms with Crippen LogP contribution in [0.4, 0.5) is 4.39 Å². The number of rotatable bonds is 4. The summed E-state index contributed by atoms with van der Waals surface area (Å²) < 4.78 is 14.5. The van der Waals surface area contributed by atoms with Gasteiger partial charge in [-0.05, 0) is 34.4 Å². The molecule has 0 aromatic heterocycles. The smallest absolute Gasteiger partial charge is 0.342 e. The Kier molecular flexibility index (Phi) is 5.06.